The van der Waals surface area contributed by atoms with Crippen LogP contribution in [-0.4, -0.2) is 25.7 Å². The molecule has 0 spiro atoms. The number of anilines is 2. The summed E-state index contributed by atoms with van der Waals surface area (Å²) < 4.78 is 27.1. The van der Waals surface area contributed by atoms with Gasteiger partial charge >= 0.3 is 0 Å². The minimum atomic E-state index is -2.55. The van der Waals surface area contributed by atoms with E-state index in [1.165, 1.54) is 6.20 Å². The van der Waals surface area contributed by atoms with Gasteiger partial charge in [0.2, 0.25) is 5.28 Å². The molecule has 0 atom stereocenters. The van der Waals surface area contributed by atoms with Gasteiger partial charge in [0.25, 0.3) is 5.92 Å². The van der Waals surface area contributed by atoms with E-state index in [2.05, 4.69) is 20.4 Å². The Morgan fingerprint density at radius 3 is 2.79 bits per heavy atom. The second-order valence-electron chi connectivity index (χ2n) is 4.43. The van der Waals surface area contributed by atoms with Crippen LogP contribution in [0.15, 0.2) is 24.5 Å². The Labute approximate surface area is 112 Å². The highest BCUT2D eigenvalue weighted by Crippen LogP contribution is 2.45. The molecule has 0 bridgehead atoms. The Hall–Kier alpha value is -1.76. The van der Waals surface area contributed by atoms with E-state index in [4.69, 9.17) is 11.6 Å². The highest BCUT2D eigenvalue weighted by Gasteiger charge is 2.46. The smallest absolute Gasteiger partial charge is 0.252 e. The Morgan fingerprint density at radius 1 is 1.32 bits per heavy atom. The van der Waals surface area contributed by atoms with Crippen LogP contribution in [0.5, 0.6) is 0 Å². The molecule has 0 unspecified atom stereocenters. The van der Waals surface area contributed by atoms with Crippen LogP contribution < -0.4 is 5.32 Å². The fraction of sp³-hybridized carbons (Fsp3) is 0.364. The lowest BCUT2D eigenvalue weighted by molar-refractivity contribution is -0.106. The minimum Gasteiger partial charge on any atom is -0.323 e. The number of hydrogen-bond donors (Lipinski definition) is 1. The van der Waals surface area contributed by atoms with Gasteiger partial charge < -0.3 is 5.32 Å². The van der Waals surface area contributed by atoms with E-state index >= 15 is 0 Å². The molecule has 1 N–H and O–H groups in total. The minimum absolute atomic E-state index is 0.128. The van der Waals surface area contributed by atoms with Gasteiger partial charge in [-0.3, -0.25) is 4.68 Å². The van der Waals surface area contributed by atoms with Gasteiger partial charge in [-0.15, -0.1) is 0 Å². The topological polar surface area (TPSA) is 55.6 Å². The van der Waals surface area contributed by atoms with Gasteiger partial charge in [0.05, 0.1) is 6.04 Å². The van der Waals surface area contributed by atoms with Gasteiger partial charge in [0.1, 0.15) is 5.82 Å². The molecule has 19 heavy (non-hydrogen) atoms. The second-order valence-corrected chi connectivity index (χ2v) is 4.77. The zero-order chi connectivity index (χ0) is 13.5. The lowest BCUT2D eigenvalue weighted by Gasteiger charge is -2.34. The standard InChI is InChI=1S/C11H10ClF2N5/c12-10-15-3-1-8(17-10)16-9-2-4-19(18-9)7-5-11(13,14)6-7/h1-4,7H,5-6H2,(H,15,16,17,18). The molecule has 1 saturated carbocycles. The maximum atomic E-state index is 12.8. The van der Waals surface area contributed by atoms with Gasteiger partial charge in [-0.1, -0.05) is 0 Å². The van der Waals surface area contributed by atoms with Crippen molar-refractivity contribution in [1.82, 2.24) is 19.7 Å². The third kappa shape index (κ3) is 2.65. The average molecular weight is 286 g/mol. The van der Waals surface area contributed by atoms with E-state index in [0.29, 0.717) is 11.6 Å². The Balaban J connectivity index is 1.69. The largest absolute Gasteiger partial charge is 0.323 e. The van der Waals surface area contributed by atoms with Crippen LogP contribution in [0.2, 0.25) is 5.28 Å². The molecule has 0 amide bonds. The molecular formula is C11H10ClF2N5. The SMILES string of the molecule is FC1(F)CC(n2ccc(Nc3ccnc(Cl)n3)n2)C1. The van der Waals surface area contributed by atoms with Crippen molar-refractivity contribution in [2.75, 3.05) is 5.32 Å². The molecule has 0 saturated heterocycles. The summed E-state index contributed by atoms with van der Waals surface area (Å²) in [5.74, 6) is -1.51. The quantitative estimate of drug-likeness (QED) is 0.881. The number of hydrogen-bond acceptors (Lipinski definition) is 4. The zero-order valence-corrected chi connectivity index (χ0v) is 10.5. The van der Waals surface area contributed by atoms with Gasteiger partial charge in [0, 0.05) is 31.3 Å². The van der Waals surface area contributed by atoms with Crippen molar-refractivity contribution >= 4 is 23.2 Å². The molecule has 100 valence electrons. The molecule has 1 aliphatic rings. The molecule has 2 heterocycles. The molecule has 8 heteroatoms. The number of halogens is 3. The molecule has 3 rings (SSSR count). The summed E-state index contributed by atoms with van der Waals surface area (Å²) in [6.07, 6.45) is 2.87. The maximum Gasteiger partial charge on any atom is 0.252 e. The predicted molar refractivity (Wildman–Crippen MR) is 65.8 cm³/mol. The monoisotopic (exact) mass is 285 g/mol. The fourth-order valence-corrected chi connectivity index (χ4v) is 2.11. The summed E-state index contributed by atoms with van der Waals surface area (Å²) in [4.78, 5) is 7.71. The number of nitrogens with one attached hydrogen (secondary N) is 1. The van der Waals surface area contributed by atoms with E-state index in [1.807, 2.05) is 0 Å². The molecule has 1 fully saturated rings. The summed E-state index contributed by atoms with van der Waals surface area (Å²) in [6, 6.07) is 3.11. The number of rotatable bonds is 3. The molecule has 5 nitrogen and oxygen atoms in total. The first-order chi connectivity index (χ1) is 9.02. The fourth-order valence-electron chi connectivity index (χ4n) is 1.96. The summed E-state index contributed by atoms with van der Waals surface area (Å²) in [6.45, 7) is 0. The number of nitrogens with zero attached hydrogens (tertiary/aromatic N) is 4. The van der Waals surface area contributed by atoms with Crippen LogP contribution in [-0.2, 0) is 0 Å². The molecule has 2 aromatic rings. The third-order valence-corrected chi connectivity index (χ3v) is 3.12. The normalized spacial score (nSPS) is 18.1. The summed E-state index contributed by atoms with van der Waals surface area (Å²) in [7, 11) is 0. The highest BCUT2D eigenvalue weighted by atomic mass is 35.5. The van der Waals surface area contributed by atoms with Crippen molar-refractivity contribution in [1.29, 1.82) is 0 Å². The van der Waals surface area contributed by atoms with E-state index in [9.17, 15) is 8.78 Å². The van der Waals surface area contributed by atoms with Crippen molar-refractivity contribution in [3.8, 4) is 0 Å². The number of aromatic nitrogens is 4. The summed E-state index contributed by atoms with van der Waals surface area (Å²) in [5.41, 5.74) is 0. The van der Waals surface area contributed by atoms with Crippen molar-refractivity contribution in [2.24, 2.45) is 0 Å². The number of alkyl halides is 2. The van der Waals surface area contributed by atoms with Gasteiger partial charge in [-0.25, -0.2) is 18.7 Å². The summed E-state index contributed by atoms with van der Waals surface area (Å²) in [5, 5.41) is 7.25. The third-order valence-electron chi connectivity index (χ3n) is 2.93. The van der Waals surface area contributed by atoms with Crippen LogP contribution in [0, 0.1) is 0 Å². The maximum absolute atomic E-state index is 12.8. The first-order valence-corrected chi connectivity index (χ1v) is 6.08. The van der Waals surface area contributed by atoms with E-state index in [0.717, 1.165) is 0 Å². The molecule has 0 aliphatic heterocycles. The molecule has 2 aromatic heterocycles. The second kappa shape index (κ2) is 4.41. The summed E-state index contributed by atoms with van der Waals surface area (Å²) >= 11 is 5.66. The van der Waals surface area contributed by atoms with Crippen LogP contribution in [0.1, 0.15) is 18.9 Å². The average Bonchev–Trinajstić information content (AvgIpc) is 2.74. The van der Waals surface area contributed by atoms with Gasteiger partial charge in [-0.05, 0) is 17.7 Å². The predicted octanol–water partition coefficient (Wildman–Crippen LogP) is 3.04. The lowest BCUT2D eigenvalue weighted by atomic mass is 9.88. The van der Waals surface area contributed by atoms with Crippen molar-refractivity contribution in [2.45, 2.75) is 24.8 Å². The van der Waals surface area contributed by atoms with Crippen LogP contribution in [0.4, 0.5) is 20.4 Å². The molecular weight excluding hydrogens is 276 g/mol. The highest BCUT2D eigenvalue weighted by molar-refractivity contribution is 6.28. The zero-order valence-electron chi connectivity index (χ0n) is 9.72. The van der Waals surface area contributed by atoms with Gasteiger partial charge in [-0.2, -0.15) is 5.10 Å². The molecule has 1 aliphatic carbocycles. The van der Waals surface area contributed by atoms with Crippen molar-refractivity contribution in [3.63, 3.8) is 0 Å². The van der Waals surface area contributed by atoms with Crippen LogP contribution in [0.25, 0.3) is 0 Å². The van der Waals surface area contributed by atoms with Crippen LogP contribution >= 0.6 is 11.6 Å². The van der Waals surface area contributed by atoms with Crippen LogP contribution in [0.3, 0.4) is 0 Å². The Morgan fingerprint density at radius 2 is 2.11 bits per heavy atom. The Bertz CT molecular complexity index is 592. The van der Waals surface area contributed by atoms with E-state index in [1.54, 1.807) is 23.0 Å². The first kappa shape index (κ1) is 12.3. The van der Waals surface area contributed by atoms with E-state index < -0.39 is 5.92 Å². The first-order valence-electron chi connectivity index (χ1n) is 5.70. The van der Waals surface area contributed by atoms with E-state index in [-0.39, 0.29) is 24.2 Å². The van der Waals surface area contributed by atoms with Crippen molar-refractivity contribution < 1.29 is 8.78 Å². The van der Waals surface area contributed by atoms with Gasteiger partial charge in [0.15, 0.2) is 5.82 Å². The van der Waals surface area contributed by atoms with Crippen molar-refractivity contribution in [3.05, 3.63) is 29.8 Å². The Kier molecular flexibility index (Phi) is 2.85. The lowest BCUT2D eigenvalue weighted by Crippen LogP contribution is -2.37. The molecule has 0 aromatic carbocycles. The molecule has 0 radical (unpaired) electrons.